The van der Waals surface area contributed by atoms with Gasteiger partial charge in [0.2, 0.25) is 0 Å². The molecule has 0 saturated heterocycles. The molecule has 0 radical (unpaired) electrons. The first kappa shape index (κ1) is 15.7. The molecule has 0 aliphatic carbocycles. The monoisotopic (exact) mass is 293 g/mol. The van der Waals surface area contributed by atoms with Gasteiger partial charge in [0.05, 0.1) is 11.9 Å². The highest BCUT2D eigenvalue weighted by Crippen LogP contribution is 2.15. The Morgan fingerprint density at radius 1 is 1.24 bits per heavy atom. The summed E-state index contributed by atoms with van der Waals surface area (Å²) in [5.41, 5.74) is 7.04. The molecule has 0 saturated carbocycles. The van der Waals surface area contributed by atoms with E-state index in [1.807, 2.05) is 4.57 Å². The number of aromatic nitrogens is 4. The average molecular weight is 293 g/mol. The van der Waals surface area contributed by atoms with Crippen molar-refractivity contribution in [3.05, 3.63) is 12.7 Å². The fraction of sp³-hybridized carbons (Fsp3) is 0.643. The maximum atomic E-state index is 5.75. The molecule has 2 N–H and O–H groups in total. The molecule has 2 aromatic rings. The molecule has 0 bridgehead atoms. The number of ether oxygens (including phenoxy) is 2. The van der Waals surface area contributed by atoms with Gasteiger partial charge in [0.25, 0.3) is 0 Å². The van der Waals surface area contributed by atoms with E-state index in [0.29, 0.717) is 24.5 Å². The van der Waals surface area contributed by atoms with Crippen LogP contribution in [0.2, 0.25) is 0 Å². The third kappa shape index (κ3) is 4.12. The van der Waals surface area contributed by atoms with Crippen LogP contribution in [0.15, 0.2) is 12.7 Å². The van der Waals surface area contributed by atoms with Crippen LogP contribution < -0.4 is 5.73 Å². The molecule has 0 aliphatic rings. The molecule has 0 unspecified atom stereocenters. The van der Waals surface area contributed by atoms with Crippen LogP contribution in [-0.2, 0) is 16.0 Å². The molecule has 2 rings (SSSR count). The summed E-state index contributed by atoms with van der Waals surface area (Å²) < 4.78 is 12.9. The summed E-state index contributed by atoms with van der Waals surface area (Å²) in [5, 5.41) is 0. The van der Waals surface area contributed by atoms with E-state index in [1.165, 1.54) is 6.33 Å². The molecular weight excluding hydrogens is 270 g/mol. The second-order valence-electron chi connectivity index (χ2n) is 5.55. The third-order valence-corrected chi connectivity index (χ3v) is 3.52. The molecule has 0 aliphatic heterocycles. The van der Waals surface area contributed by atoms with Gasteiger partial charge in [-0.15, -0.1) is 0 Å². The zero-order valence-electron chi connectivity index (χ0n) is 12.9. The predicted molar refractivity (Wildman–Crippen MR) is 80.9 cm³/mol. The molecule has 2 aromatic heterocycles. The van der Waals surface area contributed by atoms with E-state index in [-0.39, 0.29) is 5.60 Å². The molecule has 0 fully saturated rings. The average Bonchev–Trinajstić information content (AvgIpc) is 2.87. The molecule has 7 nitrogen and oxygen atoms in total. The molecule has 21 heavy (non-hydrogen) atoms. The van der Waals surface area contributed by atoms with Gasteiger partial charge in [0, 0.05) is 26.9 Å². The highest BCUT2D eigenvalue weighted by molar-refractivity contribution is 5.80. The first-order valence-electron chi connectivity index (χ1n) is 7.08. The summed E-state index contributed by atoms with van der Waals surface area (Å²) in [6.07, 6.45) is 4.97. The number of hydrogen-bond acceptors (Lipinski definition) is 6. The number of aryl methyl sites for hydroxylation is 1. The summed E-state index contributed by atoms with van der Waals surface area (Å²) in [4.78, 5) is 12.4. The predicted octanol–water partition coefficient (Wildman–Crippen LogP) is 1.63. The van der Waals surface area contributed by atoms with Gasteiger partial charge in [-0.25, -0.2) is 15.0 Å². The van der Waals surface area contributed by atoms with Crippen LogP contribution in [-0.4, -0.2) is 45.4 Å². The van der Waals surface area contributed by atoms with Crippen LogP contribution in [0, 0.1) is 0 Å². The Labute approximate surface area is 124 Å². The summed E-state index contributed by atoms with van der Waals surface area (Å²) in [5.74, 6) is 0.414. The van der Waals surface area contributed by atoms with Crippen LogP contribution in [0.5, 0.6) is 0 Å². The van der Waals surface area contributed by atoms with Crippen molar-refractivity contribution in [3.8, 4) is 0 Å². The van der Waals surface area contributed by atoms with E-state index in [9.17, 15) is 0 Å². The standard InChI is InChI=1S/C14H23N5O2/c1-14(2,20-3)5-8-21-7-4-6-19-10-18-11-12(15)16-9-17-13(11)19/h9-10H,4-8H2,1-3H3,(H2,15,16,17). The number of rotatable bonds is 8. The van der Waals surface area contributed by atoms with E-state index in [1.54, 1.807) is 13.4 Å². The van der Waals surface area contributed by atoms with Gasteiger partial charge >= 0.3 is 0 Å². The van der Waals surface area contributed by atoms with Crippen molar-refractivity contribution in [2.24, 2.45) is 0 Å². The van der Waals surface area contributed by atoms with Crippen LogP contribution in [0.3, 0.4) is 0 Å². The van der Waals surface area contributed by atoms with Gasteiger partial charge in [0.15, 0.2) is 11.5 Å². The third-order valence-electron chi connectivity index (χ3n) is 3.52. The molecule has 0 aromatic carbocycles. The Kier molecular flexibility index (Phi) is 5.08. The summed E-state index contributed by atoms with van der Waals surface area (Å²) in [6, 6.07) is 0. The van der Waals surface area contributed by atoms with Gasteiger partial charge < -0.3 is 19.8 Å². The van der Waals surface area contributed by atoms with Gasteiger partial charge in [0.1, 0.15) is 11.8 Å². The highest BCUT2D eigenvalue weighted by atomic mass is 16.5. The van der Waals surface area contributed by atoms with Crippen LogP contribution in [0.4, 0.5) is 5.82 Å². The second-order valence-corrected chi connectivity index (χ2v) is 5.55. The van der Waals surface area contributed by atoms with Crippen LogP contribution >= 0.6 is 0 Å². The number of fused-ring (bicyclic) bond motifs is 1. The lowest BCUT2D eigenvalue weighted by Crippen LogP contribution is -2.24. The Hall–Kier alpha value is -1.73. The quantitative estimate of drug-likeness (QED) is 0.744. The van der Waals surface area contributed by atoms with Crippen molar-refractivity contribution < 1.29 is 9.47 Å². The van der Waals surface area contributed by atoms with E-state index in [0.717, 1.165) is 25.0 Å². The molecule has 0 atom stereocenters. The van der Waals surface area contributed by atoms with Crippen LogP contribution in [0.1, 0.15) is 26.7 Å². The number of methoxy groups -OCH3 is 1. The Morgan fingerprint density at radius 2 is 2.05 bits per heavy atom. The smallest absolute Gasteiger partial charge is 0.165 e. The van der Waals surface area contributed by atoms with E-state index in [2.05, 4.69) is 28.8 Å². The van der Waals surface area contributed by atoms with E-state index in [4.69, 9.17) is 15.2 Å². The number of nitrogens with zero attached hydrogens (tertiary/aromatic N) is 4. The van der Waals surface area contributed by atoms with E-state index < -0.39 is 0 Å². The largest absolute Gasteiger partial charge is 0.382 e. The number of imidazole rings is 1. The maximum absolute atomic E-state index is 5.75. The lowest BCUT2D eigenvalue weighted by atomic mass is 10.1. The molecule has 0 amide bonds. The fourth-order valence-corrected chi connectivity index (χ4v) is 1.92. The summed E-state index contributed by atoms with van der Waals surface area (Å²) >= 11 is 0. The van der Waals surface area contributed by atoms with Gasteiger partial charge in [-0.3, -0.25) is 0 Å². The Bertz CT molecular complexity index is 582. The SMILES string of the molecule is COC(C)(C)CCOCCCn1cnc2c(N)ncnc21. The lowest BCUT2D eigenvalue weighted by Gasteiger charge is -2.22. The number of anilines is 1. The van der Waals surface area contributed by atoms with Crippen LogP contribution in [0.25, 0.3) is 11.2 Å². The van der Waals surface area contributed by atoms with Gasteiger partial charge in [-0.05, 0) is 26.7 Å². The molecule has 116 valence electrons. The number of nitrogen functional groups attached to an aromatic ring is 1. The second kappa shape index (κ2) is 6.82. The summed E-state index contributed by atoms with van der Waals surface area (Å²) in [7, 11) is 1.72. The topological polar surface area (TPSA) is 88.1 Å². The number of hydrogen-bond donors (Lipinski definition) is 1. The minimum atomic E-state index is -0.130. The highest BCUT2D eigenvalue weighted by Gasteiger charge is 2.15. The molecule has 7 heteroatoms. The van der Waals surface area contributed by atoms with Crippen molar-refractivity contribution in [1.82, 2.24) is 19.5 Å². The van der Waals surface area contributed by atoms with Crippen molar-refractivity contribution in [3.63, 3.8) is 0 Å². The first-order chi connectivity index (χ1) is 10.0. The molecular formula is C14H23N5O2. The summed E-state index contributed by atoms with van der Waals surface area (Å²) in [6.45, 7) is 6.29. The zero-order chi connectivity index (χ0) is 15.3. The Morgan fingerprint density at radius 3 is 2.81 bits per heavy atom. The van der Waals surface area contributed by atoms with E-state index >= 15 is 0 Å². The van der Waals surface area contributed by atoms with Crippen molar-refractivity contribution in [2.45, 2.75) is 38.8 Å². The first-order valence-corrected chi connectivity index (χ1v) is 7.08. The minimum absolute atomic E-state index is 0.130. The normalized spacial score (nSPS) is 12.1. The van der Waals surface area contributed by atoms with Crippen molar-refractivity contribution in [2.75, 3.05) is 26.1 Å². The Balaban J connectivity index is 1.75. The zero-order valence-corrected chi connectivity index (χ0v) is 12.9. The van der Waals surface area contributed by atoms with Gasteiger partial charge in [-0.2, -0.15) is 0 Å². The van der Waals surface area contributed by atoms with Crippen molar-refractivity contribution >= 4 is 17.0 Å². The molecule has 2 heterocycles. The lowest BCUT2D eigenvalue weighted by molar-refractivity contribution is -0.0102. The van der Waals surface area contributed by atoms with Crippen molar-refractivity contribution in [1.29, 1.82) is 0 Å². The molecule has 0 spiro atoms. The fourth-order valence-electron chi connectivity index (χ4n) is 1.92. The van der Waals surface area contributed by atoms with Gasteiger partial charge in [-0.1, -0.05) is 0 Å². The maximum Gasteiger partial charge on any atom is 0.165 e. The minimum Gasteiger partial charge on any atom is -0.382 e. The number of nitrogens with two attached hydrogens (primary N) is 1.